The fourth-order valence-electron chi connectivity index (χ4n) is 1.58. The lowest BCUT2D eigenvalue weighted by Gasteiger charge is -2.15. The van der Waals surface area contributed by atoms with Crippen molar-refractivity contribution in [2.75, 3.05) is 12.8 Å². The van der Waals surface area contributed by atoms with Crippen LogP contribution in [0.2, 0.25) is 0 Å². The van der Waals surface area contributed by atoms with E-state index in [1.807, 2.05) is 24.9 Å². The van der Waals surface area contributed by atoms with E-state index in [1.54, 1.807) is 11.3 Å². The minimum atomic E-state index is 0.372. The van der Waals surface area contributed by atoms with E-state index >= 15 is 0 Å². The van der Waals surface area contributed by atoms with Gasteiger partial charge < -0.3 is 5.32 Å². The molecule has 0 saturated heterocycles. The topological polar surface area (TPSA) is 12.0 Å². The molecule has 1 heterocycles. The third kappa shape index (κ3) is 3.61. The van der Waals surface area contributed by atoms with Crippen LogP contribution in [0.4, 0.5) is 0 Å². The molecule has 2 rings (SSSR count). The normalized spacial score (nSPS) is 12.6. The lowest BCUT2D eigenvalue weighted by molar-refractivity contribution is 0.671. The molecule has 1 nitrogen and oxygen atoms in total. The summed E-state index contributed by atoms with van der Waals surface area (Å²) in [5.41, 5.74) is 0. The number of rotatable bonds is 5. The molecule has 5 heteroatoms. The van der Waals surface area contributed by atoms with E-state index in [4.69, 9.17) is 0 Å². The highest BCUT2D eigenvalue weighted by Crippen LogP contribution is 2.34. The van der Waals surface area contributed by atoms with Crippen molar-refractivity contribution in [3.05, 3.63) is 49.5 Å². The highest BCUT2D eigenvalue weighted by molar-refractivity contribution is 9.10. The Kier molecular flexibility index (Phi) is 5.76. The van der Waals surface area contributed by atoms with Crippen LogP contribution in [-0.2, 0) is 0 Å². The second-order valence-electron chi connectivity index (χ2n) is 3.72. The fraction of sp³-hybridized carbons (Fsp3) is 0.231. The lowest BCUT2D eigenvalue weighted by Crippen LogP contribution is -2.17. The van der Waals surface area contributed by atoms with Gasteiger partial charge in [0.25, 0.3) is 0 Å². The van der Waals surface area contributed by atoms with E-state index < -0.39 is 0 Å². The average molecular weight is 407 g/mol. The number of halogens is 2. The summed E-state index contributed by atoms with van der Waals surface area (Å²) in [5, 5.41) is 5.50. The molecule has 1 atom stereocenters. The van der Waals surface area contributed by atoms with Crippen molar-refractivity contribution in [3.63, 3.8) is 0 Å². The first-order chi connectivity index (χ1) is 8.72. The summed E-state index contributed by atoms with van der Waals surface area (Å²) in [6, 6.07) is 10.8. The number of thioether (sulfide) groups is 1. The zero-order valence-corrected chi connectivity index (χ0v) is 14.6. The van der Waals surface area contributed by atoms with Crippen molar-refractivity contribution < 1.29 is 0 Å². The molecule has 1 aromatic heterocycles. The van der Waals surface area contributed by atoms with Crippen LogP contribution in [0, 0.1) is 0 Å². The monoisotopic (exact) mass is 405 g/mol. The van der Waals surface area contributed by atoms with Crippen LogP contribution in [0.15, 0.2) is 49.6 Å². The summed E-state index contributed by atoms with van der Waals surface area (Å²) in [6.07, 6.45) is 0. The number of thiophene rings is 1. The summed E-state index contributed by atoms with van der Waals surface area (Å²) in [5.74, 6) is 1.01. The molecule has 1 aromatic carbocycles. The molecule has 0 saturated carbocycles. The van der Waals surface area contributed by atoms with Gasteiger partial charge in [0.05, 0.1) is 6.04 Å². The van der Waals surface area contributed by atoms with Gasteiger partial charge in [-0.2, -0.15) is 0 Å². The maximum absolute atomic E-state index is 3.60. The van der Waals surface area contributed by atoms with Crippen molar-refractivity contribution in [1.29, 1.82) is 0 Å². The van der Waals surface area contributed by atoms with E-state index in [0.29, 0.717) is 6.04 Å². The SMILES string of the molecule is CNC(CSc1ccccc1Br)c1sccc1Br. The molecule has 0 aliphatic carbocycles. The van der Waals surface area contributed by atoms with Crippen LogP contribution in [0.1, 0.15) is 10.9 Å². The Morgan fingerprint density at radius 1 is 1.22 bits per heavy atom. The predicted octanol–water partition coefficient (Wildman–Crippen LogP) is 5.33. The van der Waals surface area contributed by atoms with E-state index in [0.717, 1.165) is 10.2 Å². The summed E-state index contributed by atoms with van der Waals surface area (Å²) in [6.45, 7) is 0. The van der Waals surface area contributed by atoms with Gasteiger partial charge in [0.2, 0.25) is 0 Å². The van der Waals surface area contributed by atoms with Crippen LogP contribution in [0.5, 0.6) is 0 Å². The summed E-state index contributed by atoms with van der Waals surface area (Å²) in [4.78, 5) is 2.64. The Morgan fingerprint density at radius 2 is 2.00 bits per heavy atom. The van der Waals surface area contributed by atoms with Crippen LogP contribution in [0.3, 0.4) is 0 Å². The smallest absolute Gasteiger partial charge is 0.0519 e. The van der Waals surface area contributed by atoms with Gasteiger partial charge in [-0.05, 0) is 62.5 Å². The zero-order valence-electron chi connectivity index (χ0n) is 9.82. The number of nitrogens with one attached hydrogen (secondary N) is 1. The summed E-state index contributed by atoms with van der Waals surface area (Å²) in [7, 11) is 2.01. The molecule has 0 aliphatic heterocycles. The van der Waals surface area contributed by atoms with Gasteiger partial charge in [0, 0.05) is 24.5 Å². The second kappa shape index (κ2) is 7.10. The molecule has 18 heavy (non-hydrogen) atoms. The Morgan fingerprint density at radius 3 is 2.61 bits per heavy atom. The largest absolute Gasteiger partial charge is 0.312 e. The molecular weight excluding hydrogens is 394 g/mol. The van der Waals surface area contributed by atoms with Gasteiger partial charge in [0.1, 0.15) is 0 Å². The number of hydrogen-bond acceptors (Lipinski definition) is 3. The predicted molar refractivity (Wildman–Crippen MR) is 88.7 cm³/mol. The van der Waals surface area contributed by atoms with Crippen LogP contribution >= 0.6 is 55.0 Å². The first-order valence-electron chi connectivity index (χ1n) is 5.50. The van der Waals surface area contributed by atoms with Crippen molar-refractivity contribution in [3.8, 4) is 0 Å². The van der Waals surface area contributed by atoms with Gasteiger partial charge in [-0.3, -0.25) is 0 Å². The average Bonchev–Trinajstić information content (AvgIpc) is 2.79. The molecule has 1 N–H and O–H groups in total. The minimum absolute atomic E-state index is 0.372. The standard InChI is InChI=1S/C13H13Br2NS2/c1-16-11(13-10(15)6-7-17-13)8-18-12-5-3-2-4-9(12)14/h2-7,11,16H,8H2,1H3. The molecule has 0 bridgehead atoms. The van der Waals surface area contributed by atoms with Crippen LogP contribution in [-0.4, -0.2) is 12.8 Å². The Balaban J connectivity index is 2.05. The van der Waals surface area contributed by atoms with Gasteiger partial charge in [-0.1, -0.05) is 12.1 Å². The Hall–Kier alpha value is 0.190. The lowest BCUT2D eigenvalue weighted by atomic mass is 10.3. The number of benzene rings is 1. The summed E-state index contributed by atoms with van der Waals surface area (Å²) < 4.78 is 2.36. The highest BCUT2D eigenvalue weighted by atomic mass is 79.9. The van der Waals surface area contributed by atoms with Gasteiger partial charge in [-0.25, -0.2) is 0 Å². The molecule has 0 amide bonds. The van der Waals surface area contributed by atoms with E-state index in [1.165, 1.54) is 14.2 Å². The second-order valence-corrected chi connectivity index (χ2v) is 7.43. The quantitative estimate of drug-likeness (QED) is 0.673. The van der Waals surface area contributed by atoms with Crippen molar-refractivity contribution in [2.45, 2.75) is 10.9 Å². The Labute approximate surface area is 133 Å². The molecular formula is C13H13Br2NS2. The van der Waals surface area contributed by atoms with E-state index in [9.17, 15) is 0 Å². The molecule has 0 spiro atoms. The third-order valence-electron chi connectivity index (χ3n) is 2.55. The van der Waals surface area contributed by atoms with Crippen molar-refractivity contribution in [2.24, 2.45) is 0 Å². The van der Waals surface area contributed by atoms with Gasteiger partial charge in [0.15, 0.2) is 0 Å². The number of hydrogen-bond donors (Lipinski definition) is 1. The molecule has 0 radical (unpaired) electrons. The fourth-order valence-corrected chi connectivity index (χ4v) is 5.13. The molecule has 1 unspecified atom stereocenters. The highest BCUT2D eigenvalue weighted by Gasteiger charge is 2.14. The minimum Gasteiger partial charge on any atom is -0.312 e. The van der Waals surface area contributed by atoms with E-state index in [2.05, 4.69) is 66.8 Å². The maximum Gasteiger partial charge on any atom is 0.0519 e. The molecule has 0 aliphatic rings. The first-order valence-corrected chi connectivity index (χ1v) is 8.95. The maximum atomic E-state index is 3.60. The summed E-state index contributed by atoms with van der Waals surface area (Å²) >= 11 is 10.8. The van der Waals surface area contributed by atoms with Crippen LogP contribution in [0.25, 0.3) is 0 Å². The molecule has 2 aromatic rings. The van der Waals surface area contributed by atoms with Crippen LogP contribution < -0.4 is 5.32 Å². The Bertz CT molecular complexity index is 513. The third-order valence-corrected chi connectivity index (χ3v) is 6.66. The molecule has 96 valence electrons. The van der Waals surface area contributed by atoms with Gasteiger partial charge in [-0.15, -0.1) is 23.1 Å². The van der Waals surface area contributed by atoms with Crippen molar-refractivity contribution >= 4 is 55.0 Å². The van der Waals surface area contributed by atoms with Gasteiger partial charge >= 0.3 is 0 Å². The first kappa shape index (κ1) is 14.6. The molecule has 0 fully saturated rings. The van der Waals surface area contributed by atoms with E-state index in [-0.39, 0.29) is 0 Å². The van der Waals surface area contributed by atoms with Crippen molar-refractivity contribution in [1.82, 2.24) is 5.32 Å². The zero-order chi connectivity index (χ0) is 13.0.